The molecule has 1 aromatic heterocycles. The summed E-state index contributed by atoms with van der Waals surface area (Å²) >= 11 is 5.97. The summed E-state index contributed by atoms with van der Waals surface area (Å²) in [6.45, 7) is 0.452. The van der Waals surface area contributed by atoms with Crippen molar-refractivity contribution in [3.05, 3.63) is 77.3 Å². The standard InChI is InChI=1S/C16H13ClFN3/c17-14-7-4-8-15(18)16(14)19-9-12-10-20-21(11-12)13-5-2-1-3-6-13/h1-8,10-11,19H,9H2. The Hall–Kier alpha value is -2.33. The molecule has 0 aliphatic heterocycles. The van der Waals surface area contributed by atoms with Crippen LogP contribution in [0.3, 0.4) is 0 Å². The molecule has 1 N–H and O–H groups in total. The first kappa shape index (κ1) is 13.6. The van der Waals surface area contributed by atoms with Crippen molar-refractivity contribution in [2.45, 2.75) is 6.54 Å². The smallest absolute Gasteiger partial charge is 0.147 e. The number of rotatable bonds is 4. The zero-order valence-corrected chi connectivity index (χ0v) is 11.9. The van der Waals surface area contributed by atoms with Gasteiger partial charge < -0.3 is 5.32 Å². The highest BCUT2D eigenvalue weighted by Gasteiger charge is 2.07. The zero-order valence-electron chi connectivity index (χ0n) is 11.1. The van der Waals surface area contributed by atoms with Crippen molar-refractivity contribution < 1.29 is 4.39 Å². The van der Waals surface area contributed by atoms with Crippen LogP contribution in [0.1, 0.15) is 5.56 Å². The molecule has 0 bridgehead atoms. The van der Waals surface area contributed by atoms with Crippen LogP contribution in [0.5, 0.6) is 0 Å². The molecule has 0 amide bonds. The minimum absolute atomic E-state index is 0.312. The largest absolute Gasteiger partial charge is 0.377 e. The monoisotopic (exact) mass is 301 g/mol. The second-order valence-corrected chi connectivity index (χ2v) is 4.99. The Balaban J connectivity index is 1.74. The minimum atomic E-state index is -0.363. The van der Waals surface area contributed by atoms with Crippen LogP contribution in [0.15, 0.2) is 60.9 Å². The summed E-state index contributed by atoms with van der Waals surface area (Å²) in [5.74, 6) is -0.363. The van der Waals surface area contributed by atoms with E-state index >= 15 is 0 Å². The molecule has 2 aromatic carbocycles. The number of benzene rings is 2. The number of para-hydroxylation sites is 2. The van der Waals surface area contributed by atoms with Gasteiger partial charge in [0.05, 0.1) is 22.6 Å². The Bertz CT molecular complexity index is 720. The molecule has 3 aromatic rings. The van der Waals surface area contributed by atoms with Gasteiger partial charge in [-0.3, -0.25) is 0 Å². The molecule has 5 heteroatoms. The number of nitrogens with one attached hydrogen (secondary N) is 1. The molecule has 0 fully saturated rings. The topological polar surface area (TPSA) is 29.9 Å². The van der Waals surface area contributed by atoms with Gasteiger partial charge in [0.15, 0.2) is 0 Å². The van der Waals surface area contributed by atoms with Crippen LogP contribution in [0.2, 0.25) is 5.02 Å². The van der Waals surface area contributed by atoms with Crippen LogP contribution in [0.4, 0.5) is 10.1 Å². The van der Waals surface area contributed by atoms with E-state index in [1.165, 1.54) is 6.07 Å². The number of hydrogen-bond acceptors (Lipinski definition) is 2. The Morgan fingerprint density at radius 2 is 1.90 bits per heavy atom. The molecule has 0 spiro atoms. The van der Waals surface area contributed by atoms with E-state index in [9.17, 15) is 4.39 Å². The summed E-state index contributed by atoms with van der Waals surface area (Å²) in [5.41, 5.74) is 2.23. The van der Waals surface area contributed by atoms with Crippen LogP contribution in [0, 0.1) is 5.82 Å². The predicted octanol–water partition coefficient (Wildman–Crippen LogP) is 4.28. The summed E-state index contributed by atoms with van der Waals surface area (Å²) in [6.07, 6.45) is 3.64. The molecule has 3 nitrogen and oxygen atoms in total. The van der Waals surface area contributed by atoms with E-state index in [2.05, 4.69) is 10.4 Å². The maximum atomic E-state index is 13.7. The third-order valence-electron chi connectivity index (χ3n) is 3.09. The fraction of sp³-hybridized carbons (Fsp3) is 0.0625. The molecular weight excluding hydrogens is 289 g/mol. The average molecular weight is 302 g/mol. The van der Waals surface area contributed by atoms with Gasteiger partial charge in [0.1, 0.15) is 5.82 Å². The first-order valence-corrected chi connectivity index (χ1v) is 6.89. The number of anilines is 1. The molecule has 0 atom stereocenters. The lowest BCUT2D eigenvalue weighted by Gasteiger charge is -2.07. The number of aromatic nitrogens is 2. The molecule has 106 valence electrons. The normalized spacial score (nSPS) is 10.6. The first-order chi connectivity index (χ1) is 10.2. The molecule has 0 unspecified atom stereocenters. The van der Waals surface area contributed by atoms with Crippen molar-refractivity contribution >= 4 is 17.3 Å². The van der Waals surface area contributed by atoms with Gasteiger partial charge in [0, 0.05) is 18.3 Å². The fourth-order valence-electron chi connectivity index (χ4n) is 2.03. The molecule has 0 aliphatic rings. The van der Waals surface area contributed by atoms with E-state index in [0.29, 0.717) is 17.3 Å². The lowest BCUT2D eigenvalue weighted by atomic mass is 10.3. The molecule has 0 saturated carbocycles. The van der Waals surface area contributed by atoms with Gasteiger partial charge in [-0.15, -0.1) is 0 Å². The van der Waals surface area contributed by atoms with Crippen LogP contribution < -0.4 is 5.32 Å². The van der Waals surface area contributed by atoms with Gasteiger partial charge >= 0.3 is 0 Å². The highest BCUT2D eigenvalue weighted by molar-refractivity contribution is 6.33. The van der Waals surface area contributed by atoms with Crippen molar-refractivity contribution in [2.75, 3.05) is 5.32 Å². The summed E-state index contributed by atoms with van der Waals surface area (Å²) in [5, 5.41) is 7.66. The zero-order chi connectivity index (χ0) is 14.7. The Morgan fingerprint density at radius 3 is 2.67 bits per heavy atom. The third-order valence-corrected chi connectivity index (χ3v) is 3.40. The molecule has 0 saturated heterocycles. The Kier molecular flexibility index (Phi) is 3.88. The van der Waals surface area contributed by atoms with E-state index in [1.54, 1.807) is 23.0 Å². The number of hydrogen-bond donors (Lipinski definition) is 1. The summed E-state index contributed by atoms with van der Waals surface area (Å²) in [6, 6.07) is 14.4. The van der Waals surface area contributed by atoms with Crippen LogP contribution >= 0.6 is 11.6 Å². The predicted molar refractivity (Wildman–Crippen MR) is 82.3 cm³/mol. The summed E-state index contributed by atoms with van der Waals surface area (Å²) < 4.78 is 15.4. The van der Waals surface area contributed by atoms with E-state index < -0.39 is 0 Å². The van der Waals surface area contributed by atoms with Crippen molar-refractivity contribution in [3.63, 3.8) is 0 Å². The van der Waals surface area contributed by atoms with E-state index in [1.807, 2.05) is 36.5 Å². The molecule has 0 aliphatic carbocycles. The number of nitrogens with zero attached hydrogens (tertiary/aromatic N) is 2. The van der Waals surface area contributed by atoms with E-state index in [-0.39, 0.29) is 5.82 Å². The molecule has 1 heterocycles. The van der Waals surface area contributed by atoms with Crippen LogP contribution in [-0.4, -0.2) is 9.78 Å². The maximum absolute atomic E-state index is 13.7. The van der Waals surface area contributed by atoms with Gasteiger partial charge in [-0.1, -0.05) is 35.9 Å². The van der Waals surface area contributed by atoms with Crippen molar-refractivity contribution in [3.8, 4) is 5.69 Å². The number of halogens is 2. The third kappa shape index (κ3) is 3.06. The van der Waals surface area contributed by atoms with E-state index in [4.69, 9.17) is 11.6 Å². The average Bonchev–Trinajstić information content (AvgIpc) is 2.97. The van der Waals surface area contributed by atoms with Gasteiger partial charge in [0.2, 0.25) is 0 Å². The van der Waals surface area contributed by atoms with Gasteiger partial charge in [-0.2, -0.15) is 5.10 Å². The van der Waals surface area contributed by atoms with Crippen molar-refractivity contribution in [1.29, 1.82) is 0 Å². The van der Waals surface area contributed by atoms with E-state index in [0.717, 1.165) is 11.3 Å². The minimum Gasteiger partial charge on any atom is -0.377 e. The van der Waals surface area contributed by atoms with Crippen molar-refractivity contribution in [2.24, 2.45) is 0 Å². The summed E-state index contributed by atoms with van der Waals surface area (Å²) in [4.78, 5) is 0. The van der Waals surface area contributed by atoms with Gasteiger partial charge in [-0.25, -0.2) is 9.07 Å². The molecule has 3 rings (SSSR count). The molecular formula is C16H13ClFN3. The van der Waals surface area contributed by atoms with Crippen molar-refractivity contribution in [1.82, 2.24) is 9.78 Å². The van der Waals surface area contributed by atoms with Gasteiger partial charge in [-0.05, 0) is 24.3 Å². The van der Waals surface area contributed by atoms with Crippen LogP contribution in [-0.2, 0) is 6.54 Å². The quantitative estimate of drug-likeness (QED) is 0.779. The Labute approximate surface area is 127 Å². The lowest BCUT2D eigenvalue weighted by Crippen LogP contribution is -2.01. The second kappa shape index (κ2) is 5.97. The molecule has 0 radical (unpaired) electrons. The SMILES string of the molecule is Fc1cccc(Cl)c1NCc1cnn(-c2ccccc2)c1. The van der Waals surface area contributed by atoms with Crippen LogP contribution in [0.25, 0.3) is 5.69 Å². The highest BCUT2D eigenvalue weighted by Crippen LogP contribution is 2.25. The highest BCUT2D eigenvalue weighted by atomic mass is 35.5. The summed E-state index contributed by atoms with van der Waals surface area (Å²) in [7, 11) is 0. The first-order valence-electron chi connectivity index (χ1n) is 6.51. The Morgan fingerprint density at radius 1 is 1.10 bits per heavy atom. The second-order valence-electron chi connectivity index (χ2n) is 4.58. The maximum Gasteiger partial charge on any atom is 0.147 e. The molecule has 21 heavy (non-hydrogen) atoms. The lowest BCUT2D eigenvalue weighted by molar-refractivity contribution is 0.630. The van der Waals surface area contributed by atoms with Gasteiger partial charge in [0.25, 0.3) is 0 Å². The fourth-order valence-corrected chi connectivity index (χ4v) is 2.26.